The van der Waals surface area contributed by atoms with E-state index in [0.29, 0.717) is 59.3 Å². The highest BCUT2D eigenvalue weighted by Crippen LogP contribution is 2.28. The van der Waals surface area contributed by atoms with Crippen LogP contribution in [0.2, 0.25) is 0 Å². The lowest BCUT2D eigenvalue weighted by Gasteiger charge is -2.19. The van der Waals surface area contributed by atoms with Gasteiger partial charge in [-0.25, -0.2) is 4.98 Å². The molecule has 1 aromatic heterocycles. The molecule has 0 saturated carbocycles. The minimum atomic E-state index is 0.0291. The maximum Gasteiger partial charge on any atom is 0.222 e. The van der Waals surface area contributed by atoms with Crippen LogP contribution in [0, 0.1) is 6.92 Å². The van der Waals surface area contributed by atoms with E-state index in [1.807, 2.05) is 6.92 Å². The second-order valence-corrected chi connectivity index (χ2v) is 9.86. The standard InChI is InChI=1S/C30H51N5O6/c1-5-6-7-10-32-29-27(24(2)33-30(31)34-29)22-26-9-8-25(21-28(26)37-4)23-35(3)11-13-38-15-17-40-19-20-41-18-16-39-14-12-36/h8-9,21,36H,5-7,10-20,22-23H2,1-4H3,(H3,31,32,33,34). The van der Waals surface area contributed by atoms with Crippen molar-refractivity contribution in [2.75, 3.05) is 97.8 Å². The van der Waals surface area contributed by atoms with Gasteiger partial charge in [-0.2, -0.15) is 4.98 Å². The van der Waals surface area contributed by atoms with E-state index in [1.165, 1.54) is 18.4 Å². The minimum absolute atomic E-state index is 0.0291. The summed E-state index contributed by atoms with van der Waals surface area (Å²) in [5.41, 5.74) is 10.1. The minimum Gasteiger partial charge on any atom is -0.496 e. The Hall–Kier alpha value is -2.54. The van der Waals surface area contributed by atoms with Crippen molar-refractivity contribution in [1.82, 2.24) is 14.9 Å². The van der Waals surface area contributed by atoms with Crippen LogP contribution in [-0.2, 0) is 31.9 Å². The average molecular weight is 578 g/mol. The van der Waals surface area contributed by atoms with Gasteiger partial charge in [-0.15, -0.1) is 0 Å². The van der Waals surface area contributed by atoms with Gasteiger partial charge in [0.15, 0.2) is 0 Å². The number of aromatic nitrogens is 2. The molecule has 0 radical (unpaired) electrons. The number of aliphatic hydroxyl groups excluding tert-OH is 1. The van der Waals surface area contributed by atoms with Crippen molar-refractivity contribution in [1.29, 1.82) is 0 Å². The first kappa shape index (κ1) is 34.7. The fourth-order valence-corrected chi connectivity index (χ4v) is 4.22. The van der Waals surface area contributed by atoms with Crippen LogP contribution in [0.1, 0.15) is 48.6 Å². The fraction of sp³-hybridized carbons (Fsp3) is 0.667. The molecular formula is C30H51N5O6. The number of nitrogens with two attached hydrogens (primary N) is 1. The number of aliphatic hydroxyl groups is 1. The molecule has 0 aliphatic rings. The summed E-state index contributed by atoms with van der Waals surface area (Å²) in [5, 5.41) is 12.1. The number of rotatable bonds is 24. The zero-order valence-electron chi connectivity index (χ0n) is 25.5. The number of hydrogen-bond acceptors (Lipinski definition) is 11. The molecular weight excluding hydrogens is 526 g/mol. The predicted octanol–water partition coefficient (Wildman–Crippen LogP) is 3.06. The molecule has 0 fully saturated rings. The third-order valence-corrected chi connectivity index (χ3v) is 6.44. The maximum atomic E-state index is 8.63. The smallest absolute Gasteiger partial charge is 0.222 e. The molecule has 232 valence electrons. The van der Waals surface area contributed by atoms with Crippen molar-refractivity contribution in [2.45, 2.75) is 46.1 Å². The molecule has 1 heterocycles. The number of likely N-dealkylation sites (N-methyl/N-ethyl adjacent to an activating group) is 1. The van der Waals surface area contributed by atoms with Crippen molar-refractivity contribution in [3.63, 3.8) is 0 Å². The number of hydrogen-bond donors (Lipinski definition) is 3. The number of methoxy groups -OCH3 is 1. The van der Waals surface area contributed by atoms with Crippen LogP contribution in [0.15, 0.2) is 18.2 Å². The zero-order chi connectivity index (χ0) is 29.7. The first-order chi connectivity index (χ1) is 20.0. The monoisotopic (exact) mass is 577 g/mol. The van der Waals surface area contributed by atoms with E-state index < -0.39 is 0 Å². The number of nitrogens with zero attached hydrogens (tertiary/aromatic N) is 3. The van der Waals surface area contributed by atoms with Crippen LogP contribution in [0.25, 0.3) is 0 Å². The van der Waals surface area contributed by atoms with E-state index >= 15 is 0 Å². The van der Waals surface area contributed by atoms with Gasteiger partial charge in [0.2, 0.25) is 5.95 Å². The van der Waals surface area contributed by atoms with E-state index in [4.69, 9.17) is 34.5 Å². The summed E-state index contributed by atoms with van der Waals surface area (Å²) >= 11 is 0. The Labute approximate surface area is 245 Å². The fourth-order valence-electron chi connectivity index (χ4n) is 4.22. The highest BCUT2D eigenvalue weighted by Gasteiger charge is 2.15. The van der Waals surface area contributed by atoms with Crippen LogP contribution >= 0.6 is 0 Å². The summed E-state index contributed by atoms with van der Waals surface area (Å²) in [6.45, 7) is 10.7. The second kappa shape index (κ2) is 21.2. The van der Waals surface area contributed by atoms with Crippen LogP contribution in [0.4, 0.5) is 11.8 Å². The van der Waals surface area contributed by atoms with Crippen LogP contribution in [0.5, 0.6) is 5.75 Å². The summed E-state index contributed by atoms with van der Waals surface area (Å²) in [6, 6.07) is 6.37. The number of aryl methyl sites for hydroxylation is 1. The number of unbranched alkanes of at least 4 members (excludes halogenated alkanes) is 2. The quantitative estimate of drug-likeness (QED) is 0.159. The van der Waals surface area contributed by atoms with E-state index in [1.54, 1.807) is 7.11 Å². The number of nitrogens with one attached hydrogen (secondary N) is 1. The highest BCUT2D eigenvalue weighted by molar-refractivity contribution is 5.53. The van der Waals surface area contributed by atoms with Crippen LogP contribution in [0.3, 0.4) is 0 Å². The van der Waals surface area contributed by atoms with Gasteiger partial charge in [-0.3, -0.25) is 4.90 Å². The van der Waals surface area contributed by atoms with Crippen molar-refractivity contribution in [3.05, 3.63) is 40.6 Å². The van der Waals surface area contributed by atoms with Crippen LogP contribution < -0.4 is 15.8 Å². The summed E-state index contributed by atoms with van der Waals surface area (Å²) in [6.07, 6.45) is 4.08. The van der Waals surface area contributed by atoms with Gasteiger partial charge in [0.1, 0.15) is 11.6 Å². The van der Waals surface area contributed by atoms with Gasteiger partial charge in [0.25, 0.3) is 0 Å². The Bertz CT molecular complexity index is 981. The molecule has 2 rings (SSSR count). The number of benzene rings is 1. The Balaban J connectivity index is 1.75. The third-order valence-electron chi connectivity index (χ3n) is 6.44. The van der Waals surface area contributed by atoms with Crippen molar-refractivity contribution in [2.24, 2.45) is 0 Å². The molecule has 0 unspecified atom stereocenters. The summed E-state index contributed by atoms with van der Waals surface area (Å²) < 4.78 is 27.5. The third kappa shape index (κ3) is 14.3. The molecule has 0 atom stereocenters. The number of nitrogen functional groups attached to an aromatic ring is 1. The molecule has 0 spiro atoms. The van der Waals surface area contributed by atoms with Gasteiger partial charge >= 0.3 is 0 Å². The van der Waals surface area contributed by atoms with E-state index in [-0.39, 0.29) is 12.6 Å². The predicted molar refractivity (Wildman–Crippen MR) is 162 cm³/mol. The number of ether oxygens (including phenoxy) is 5. The van der Waals surface area contributed by atoms with Crippen molar-refractivity contribution >= 4 is 11.8 Å². The normalized spacial score (nSPS) is 11.4. The summed E-state index contributed by atoms with van der Waals surface area (Å²) in [4.78, 5) is 11.1. The summed E-state index contributed by atoms with van der Waals surface area (Å²) in [5.74, 6) is 1.93. The molecule has 0 amide bonds. The van der Waals surface area contributed by atoms with Crippen molar-refractivity contribution < 1.29 is 28.8 Å². The molecule has 41 heavy (non-hydrogen) atoms. The van der Waals surface area contributed by atoms with Gasteiger partial charge in [0, 0.05) is 37.3 Å². The Morgan fingerprint density at radius 1 is 0.927 bits per heavy atom. The Morgan fingerprint density at radius 3 is 2.22 bits per heavy atom. The first-order valence-corrected chi connectivity index (χ1v) is 14.6. The average Bonchev–Trinajstić information content (AvgIpc) is 2.95. The molecule has 11 nitrogen and oxygen atoms in total. The van der Waals surface area contributed by atoms with Gasteiger partial charge in [-0.05, 0) is 37.6 Å². The first-order valence-electron chi connectivity index (χ1n) is 14.6. The molecule has 11 heteroatoms. The Kier molecular flexibility index (Phi) is 17.9. The molecule has 0 aliphatic heterocycles. The second-order valence-electron chi connectivity index (χ2n) is 9.86. The lowest BCUT2D eigenvalue weighted by molar-refractivity contribution is -0.00687. The zero-order valence-corrected chi connectivity index (χ0v) is 25.5. The molecule has 4 N–H and O–H groups in total. The number of anilines is 2. The molecule has 1 aromatic carbocycles. The van der Waals surface area contributed by atoms with E-state index in [9.17, 15) is 0 Å². The molecule has 2 aromatic rings. The van der Waals surface area contributed by atoms with Gasteiger partial charge in [0.05, 0.1) is 66.6 Å². The van der Waals surface area contributed by atoms with Crippen LogP contribution in [-0.4, -0.2) is 107 Å². The SMILES string of the molecule is CCCCCNc1nc(N)nc(C)c1Cc1ccc(CN(C)CCOCCOCCOCCOCCO)cc1OC. The van der Waals surface area contributed by atoms with Gasteiger partial charge < -0.3 is 39.8 Å². The maximum absolute atomic E-state index is 8.63. The highest BCUT2D eigenvalue weighted by atomic mass is 16.6. The Morgan fingerprint density at radius 2 is 1.59 bits per heavy atom. The molecule has 0 aliphatic carbocycles. The topological polar surface area (TPSA) is 133 Å². The lowest BCUT2D eigenvalue weighted by Crippen LogP contribution is -2.23. The lowest BCUT2D eigenvalue weighted by atomic mass is 10.0. The van der Waals surface area contributed by atoms with Crippen molar-refractivity contribution in [3.8, 4) is 5.75 Å². The van der Waals surface area contributed by atoms with E-state index in [0.717, 1.165) is 54.4 Å². The summed E-state index contributed by atoms with van der Waals surface area (Å²) in [7, 11) is 3.78. The van der Waals surface area contributed by atoms with E-state index in [2.05, 4.69) is 52.4 Å². The largest absolute Gasteiger partial charge is 0.496 e. The molecule has 0 saturated heterocycles. The van der Waals surface area contributed by atoms with Gasteiger partial charge in [-0.1, -0.05) is 31.9 Å². The molecule has 0 bridgehead atoms.